The molecule has 0 saturated carbocycles. The van der Waals surface area contributed by atoms with E-state index in [4.69, 9.17) is 10.5 Å². The molecule has 0 atom stereocenters. The first-order valence-corrected chi connectivity index (χ1v) is 5.28. The van der Waals surface area contributed by atoms with E-state index in [1.54, 1.807) is 0 Å². The number of nitrogens with two attached hydrogens (primary N) is 1. The van der Waals surface area contributed by atoms with Gasteiger partial charge in [0.25, 0.3) is 5.91 Å². The highest BCUT2D eigenvalue weighted by atomic mass is 16.5. The molecule has 0 spiro atoms. The molecule has 4 nitrogen and oxygen atoms in total. The third-order valence-electron chi connectivity index (χ3n) is 2.34. The Morgan fingerprint density at radius 2 is 2.25 bits per heavy atom. The van der Waals surface area contributed by atoms with Crippen molar-refractivity contribution >= 4 is 11.6 Å². The number of hydrogen-bond acceptors (Lipinski definition) is 3. The highest BCUT2D eigenvalue weighted by molar-refractivity contribution is 5.95. The second-order valence-corrected chi connectivity index (χ2v) is 4.83. The molecule has 0 bridgehead atoms. The van der Waals surface area contributed by atoms with Crippen molar-refractivity contribution in [2.75, 3.05) is 11.9 Å². The quantitative estimate of drug-likeness (QED) is 0.789. The number of hydrogen-bond donors (Lipinski definition) is 2. The number of rotatable bonds is 2. The van der Waals surface area contributed by atoms with Crippen LogP contribution in [0.2, 0.25) is 0 Å². The Labute approximate surface area is 94.8 Å². The number of carbonyl (C=O) groups excluding carboxylic acids is 1. The monoisotopic (exact) mass is 220 g/mol. The van der Waals surface area contributed by atoms with Gasteiger partial charge in [-0.15, -0.1) is 0 Å². The largest absolute Gasteiger partial charge is 0.482 e. The molecule has 1 aromatic rings. The third-order valence-corrected chi connectivity index (χ3v) is 2.34. The van der Waals surface area contributed by atoms with E-state index in [0.717, 1.165) is 23.4 Å². The van der Waals surface area contributed by atoms with Crippen LogP contribution in [0.5, 0.6) is 5.75 Å². The summed E-state index contributed by atoms with van der Waals surface area (Å²) in [5.74, 6) is 0.606. The van der Waals surface area contributed by atoms with Crippen LogP contribution in [0, 0.1) is 0 Å². The predicted octanol–water partition coefficient (Wildman–Crippen LogP) is 1.30. The molecule has 1 aromatic carbocycles. The molecule has 0 unspecified atom stereocenters. The molecule has 0 aliphatic carbocycles. The van der Waals surface area contributed by atoms with Crippen molar-refractivity contribution in [3.8, 4) is 5.75 Å². The van der Waals surface area contributed by atoms with Crippen LogP contribution in [0.3, 0.4) is 0 Å². The highest BCUT2D eigenvalue weighted by Crippen LogP contribution is 2.29. The van der Waals surface area contributed by atoms with Gasteiger partial charge in [-0.25, -0.2) is 0 Å². The van der Waals surface area contributed by atoms with Gasteiger partial charge in [0.05, 0.1) is 5.69 Å². The lowest BCUT2D eigenvalue weighted by molar-refractivity contribution is -0.118. The number of benzene rings is 1. The summed E-state index contributed by atoms with van der Waals surface area (Å²) in [5, 5.41) is 2.78. The van der Waals surface area contributed by atoms with E-state index in [9.17, 15) is 4.79 Å². The summed E-state index contributed by atoms with van der Waals surface area (Å²) in [5.41, 5.74) is 7.52. The molecule has 1 amide bonds. The van der Waals surface area contributed by atoms with Crippen LogP contribution in [0.15, 0.2) is 18.2 Å². The Hall–Kier alpha value is -1.55. The molecule has 3 N–H and O–H groups in total. The Morgan fingerprint density at radius 1 is 1.50 bits per heavy atom. The van der Waals surface area contributed by atoms with Crippen LogP contribution in [0.4, 0.5) is 5.69 Å². The summed E-state index contributed by atoms with van der Waals surface area (Å²) < 4.78 is 5.28. The van der Waals surface area contributed by atoms with Crippen molar-refractivity contribution in [2.24, 2.45) is 5.73 Å². The first-order chi connectivity index (χ1) is 7.44. The Bertz CT molecular complexity index is 422. The van der Waals surface area contributed by atoms with Crippen LogP contribution in [0.1, 0.15) is 19.4 Å². The zero-order valence-corrected chi connectivity index (χ0v) is 9.54. The van der Waals surface area contributed by atoms with Gasteiger partial charge in [-0.1, -0.05) is 6.07 Å². The zero-order valence-electron chi connectivity index (χ0n) is 9.54. The lowest BCUT2D eigenvalue weighted by Gasteiger charge is -2.21. The van der Waals surface area contributed by atoms with E-state index in [0.29, 0.717) is 0 Å². The van der Waals surface area contributed by atoms with Gasteiger partial charge >= 0.3 is 0 Å². The van der Waals surface area contributed by atoms with Crippen molar-refractivity contribution in [3.05, 3.63) is 23.8 Å². The number of nitrogens with one attached hydrogen (secondary N) is 1. The van der Waals surface area contributed by atoms with Gasteiger partial charge in [-0.05, 0) is 38.0 Å². The second kappa shape index (κ2) is 3.79. The van der Waals surface area contributed by atoms with Gasteiger partial charge in [-0.3, -0.25) is 4.79 Å². The SMILES string of the molecule is CC(C)(N)Cc1ccc2c(c1)NC(=O)CO2. The van der Waals surface area contributed by atoms with Crippen molar-refractivity contribution in [1.82, 2.24) is 0 Å². The fourth-order valence-corrected chi connectivity index (χ4v) is 1.77. The topological polar surface area (TPSA) is 64.3 Å². The Kier molecular flexibility index (Phi) is 2.59. The molecule has 2 rings (SSSR count). The zero-order chi connectivity index (χ0) is 11.8. The molecule has 86 valence electrons. The molecule has 0 fully saturated rings. The van der Waals surface area contributed by atoms with Gasteiger partial charge in [0.2, 0.25) is 0 Å². The summed E-state index contributed by atoms with van der Waals surface area (Å²) in [4.78, 5) is 11.2. The predicted molar refractivity (Wildman–Crippen MR) is 62.5 cm³/mol. The van der Waals surface area contributed by atoms with Crippen LogP contribution in [-0.4, -0.2) is 18.1 Å². The van der Waals surface area contributed by atoms with E-state index in [2.05, 4.69) is 5.32 Å². The highest BCUT2D eigenvalue weighted by Gasteiger charge is 2.18. The van der Waals surface area contributed by atoms with Gasteiger partial charge in [0.15, 0.2) is 6.61 Å². The molecule has 1 aliphatic rings. The number of anilines is 1. The molecule has 4 heteroatoms. The van der Waals surface area contributed by atoms with Crippen LogP contribution >= 0.6 is 0 Å². The second-order valence-electron chi connectivity index (χ2n) is 4.83. The molecular weight excluding hydrogens is 204 g/mol. The minimum atomic E-state index is -0.256. The van der Waals surface area contributed by atoms with E-state index >= 15 is 0 Å². The van der Waals surface area contributed by atoms with Crippen molar-refractivity contribution in [3.63, 3.8) is 0 Å². The maximum absolute atomic E-state index is 11.2. The van der Waals surface area contributed by atoms with Crippen molar-refractivity contribution < 1.29 is 9.53 Å². The maximum atomic E-state index is 11.2. The number of fused-ring (bicyclic) bond motifs is 1. The molecule has 1 aliphatic heterocycles. The minimum absolute atomic E-state index is 0.0920. The smallest absolute Gasteiger partial charge is 0.262 e. The minimum Gasteiger partial charge on any atom is -0.482 e. The molecule has 16 heavy (non-hydrogen) atoms. The van der Waals surface area contributed by atoms with Crippen LogP contribution in [0.25, 0.3) is 0 Å². The average Bonchev–Trinajstić information content (AvgIpc) is 2.14. The summed E-state index contributed by atoms with van der Waals surface area (Å²) in [6.45, 7) is 4.04. The third kappa shape index (κ3) is 2.52. The van der Waals surface area contributed by atoms with Crippen LogP contribution < -0.4 is 15.8 Å². The average molecular weight is 220 g/mol. The van der Waals surface area contributed by atoms with Gasteiger partial charge in [-0.2, -0.15) is 0 Å². The molecule has 0 aromatic heterocycles. The maximum Gasteiger partial charge on any atom is 0.262 e. The Morgan fingerprint density at radius 3 is 2.94 bits per heavy atom. The molecular formula is C12H16N2O2. The van der Waals surface area contributed by atoms with Crippen molar-refractivity contribution in [1.29, 1.82) is 0 Å². The molecule has 0 saturated heterocycles. The standard InChI is InChI=1S/C12H16N2O2/c1-12(2,13)6-8-3-4-10-9(5-8)14-11(15)7-16-10/h3-5H,6-7,13H2,1-2H3,(H,14,15). The number of amides is 1. The van der Waals surface area contributed by atoms with E-state index in [1.165, 1.54) is 0 Å². The van der Waals surface area contributed by atoms with Gasteiger partial charge in [0.1, 0.15) is 5.75 Å². The summed E-state index contributed by atoms with van der Waals surface area (Å²) in [7, 11) is 0. The van der Waals surface area contributed by atoms with Gasteiger partial charge in [0, 0.05) is 5.54 Å². The fraction of sp³-hybridized carbons (Fsp3) is 0.417. The number of carbonyl (C=O) groups is 1. The lowest BCUT2D eigenvalue weighted by Crippen LogP contribution is -2.34. The first kappa shape index (κ1) is 11.0. The summed E-state index contributed by atoms with van der Waals surface area (Å²) in [6, 6.07) is 5.77. The first-order valence-electron chi connectivity index (χ1n) is 5.28. The van der Waals surface area contributed by atoms with Crippen molar-refractivity contribution in [2.45, 2.75) is 25.8 Å². The van der Waals surface area contributed by atoms with Gasteiger partial charge < -0.3 is 15.8 Å². The van der Waals surface area contributed by atoms with E-state index < -0.39 is 0 Å². The normalized spacial score (nSPS) is 15.1. The molecule has 1 heterocycles. The van der Waals surface area contributed by atoms with E-state index in [1.807, 2.05) is 32.0 Å². The molecule has 0 radical (unpaired) electrons. The summed E-state index contributed by atoms with van der Waals surface area (Å²) in [6.07, 6.45) is 0.760. The summed E-state index contributed by atoms with van der Waals surface area (Å²) >= 11 is 0. The van der Waals surface area contributed by atoms with E-state index in [-0.39, 0.29) is 18.1 Å². The Balaban J connectivity index is 2.24. The number of ether oxygens (including phenoxy) is 1. The van der Waals surface area contributed by atoms with Crippen LogP contribution in [-0.2, 0) is 11.2 Å². The fourth-order valence-electron chi connectivity index (χ4n) is 1.77. The lowest BCUT2D eigenvalue weighted by atomic mass is 9.96.